The number of hydrogen-bond acceptors (Lipinski definition) is 5. The Hall–Kier alpha value is -0.680. The van der Waals surface area contributed by atoms with Gasteiger partial charge in [-0.1, -0.05) is 0 Å². The number of thioether (sulfide) groups is 1. The van der Waals surface area contributed by atoms with Gasteiger partial charge in [-0.2, -0.15) is 0 Å². The molecule has 1 aromatic rings. The molecule has 3 nitrogen and oxygen atoms in total. The number of nitrogens with two attached hydrogens (primary N) is 1. The van der Waals surface area contributed by atoms with Gasteiger partial charge >= 0.3 is 0 Å². The summed E-state index contributed by atoms with van der Waals surface area (Å²) in [4.78, 5) is 13.3. The minimum Gasteiger partial charge on any atom is -0.396 e. The number of hydrogen-bond donors (Lipinski definition) is 2. The quantitative estimate of drug-likeness (QED) is 0.618. The van der Waals surface area contributed by atoms with Crippen LogP contribution in [-0.4, -0.2) is 18.6 Å². The fraction of sp³-hybridized carbons (Fsp3) is 0.643. The van der Waals surface area contributed by atoms with Gasteiger partial charge in [0.2, 0.25) is 0 Å². The van der Waals surface area contributed by atoms with E-state index in [1.807, 2.05) is 6.26 Å². The number of carbonyl (C=O) groups is 1. The minimum atomic E-state index is 0.0641. The maximum Gasteiger partial charge on any atom is 0.171 e. The third kappa shape index (κ3) is 2.38. The lowest BCUT2D eigenvalue weighted by molar-refractivity contribution is 0.102. The van der Waals surface area contributed by atoms with Gasteiger partial charge < -0.3 is 11.1 Å². The van der Waals surface area contributed by atoms with Gasteiger partial charge in [0, 0.05) is 13.5 Å². The lowest BCUT2D eigenvalue weighted by Crippen LogP contribution is -2.17. The third-order valence-corrected chi connectivity index (χ3v) is 6.59. The fourth-order valence-electron chi connectivity index (χ4n) is 2.85. The molecule has 2 aliphatic rings. The van der Waals surface area contributed by atoms with Crippen molar-refractivity contribution in [3.63, 3.8) is 0 Å². The molecule has 1 aromatic heterocycles. The molecule has 0 unspecified atom stereocenters. The van der Waals surface area contributed by atoms with E-state index in [-0.39, 0.29) is 5.78 Å². The first kappa shape index (κ1) is 13.3. The van der Waals surface area contributed by atoms with Gasteiger partial charge in [-0.05, 0) is 43.3 Å². The maximum atomic E-state index is 11.6. The molecule has 0 aromatic carbocycles. The van der Waals surface area contributed by atoms with Gasteiger partial charge in [-0.3, -0.25) is 4.79 Å². The van der Waals surface area contributed by atoms with Crippen molar-refractivity contribution in [2.75, 3.05) is 23.9 Å². The minimum absolute atomic E-state index is 0.0641. The molecule has 3 N–H and O–H groups in total. The average Bonchev–Trinajstić information content (AvgIpc) is 3.24. The molecule has 19 heavy (non-hydrogen) atoms. The van der Waals surface area contributed by atoms with Crippen LogP contribution in [-0.2, 0) is 0 Å². The first-order valence-corrected chi connectivity index (χ1v) is 8.82. The lowest BCUT2D eigenvalue weighted by atomic mass is 10.0. The Balaban J connectivity index is 1.76. The van der Waals surface area contributed by atoms with Gasteiger partial charge in [-0.15, -0.1) is 23.1 Å². The Kier molecular flexibility index (Phi) is 3.29. The number of thiophene rings is 1. The van der Waals surface area contributed by atoms with Crippen molar-refractivity contribution in [1.82, 2.24) is 0 Å². The molecule has 2 fully saturated rings. The van der Waals surface area contributed by atoms with Crippen LogP contribution in [0.1, 0.15) is 42.3 Å². The SMILES string of the molecule is CSc1c(NCC2(C3CC3)CC2)sc(C(C)=O)c1N. The van der Waals surface area contributed by atoms with E-state index in [0.29, 0.717) is 16.0 Å². The molecule has 0 atom stereocenters. The fourth-order valence-corrected chi connectivity index (χ4v) is 4.78. The number of Topliss-reactive ketones (excluding diaryl/α,β-unsaturated/α-hetero) is 1. The zero-order valence-corrected chi connectivity index (χ0v) is 13.0. The Morgan fingerprint density at radius 1 is 1.53 bits per heavy atom. The zero-order chi connectivity index (χ0) is 13.6. The molecule has 0 radical (unpaired) electrons. The Bertz CT molecular complexity index is 516. The van der Waals surface area contributed by atoms with Crippen molar-refractivity contribution < 1.29 is 4.79 Å². The molecule has 0 aliphatic heterocycles. The predicted octanol–water partition coefficient (Wildman–Crippen LogP) is 3.86. The van der Waals surface area contributed by atoms with Crippen molar-refractivity contribution in [1.29, 1.82) is 0 Å². The van der Waals surface area contributed by atoms with E-state index in [4.69, 9.17) is 5.73 Å². The van der Waals surface area contributed by atoms with Crippen LogP contribution in [0.5, 0.6) is 0 Å². The van der Waals surface area contributed by atoms with E-state index >= 15 is 0 Å². The highest BCUT2D eigenvalue weighted by molar-refractivity contribution is 7.99. The molecule has 3 rings (SSSR count). The van der Waals surface area contributed by atoms with Crippen LogP contribution < -0.4 is 11.1 Å². The number of nitrogens with one attached hydrogen (secondary N) is 1. The summed E-state index contributed by atoms with van der Waals surface area (Å²) < 4.78 is 0. The van der Waals surface area contributed by atoms with Crippen molar-refractivity contribution in [2.24, 2.45) is 11.3 Å². The first-order chi connectivity index (χ1) is 9.07. The highest BCUT2D eigenvalue weighted by Gasteiger charge is 2.53. The van der Waals surface area contributed by atoms with Gasteiger partial charge in [0.05, 0.1) is 15.5 Å². The molecule has 1 heterocycles. The topological polar surface area (TPSA) is 55.1 Å². The van der Waals surface area contributed by atoms with Crippen molar-refractivity contribution in [2.45, 2.75) is 37.5 Å². The summed E-state index contributed by atoms with van der Waals surface area (Å²) >= 11 is 3.14. The molecule has 104 valence electrons. The lowest BCUT2D eigenvalue weighted by Gasteiger charge is -2.15. The number of nitrogen functional groups attached to an aromatic ring is 1. The van der Waals surface area contributed by atoms with Crippen LogP contribution in [0.25, 0.3) is 0 Å². The Morgan fingerprint density at radius 2 is 2.21 bits per heavy atom. The van der Waals surface area contributed by atoms with Crippen LogP contribution in [0.3, 0.4) is 0 Å². The number of rotatable bonds is 6. The first-order valence-electron chi connectivity index (χ1n) is 6.78. The summed E-state index contributed by atoms with van der Waals surface area (Å²) in [6, 6.07) is 0. The Morgan fingerprint density at radius 3 is 2.68 bits per heavy atom. The summed E-state index contributed by atoms with van der Waals surface area (Å²) in [5.41, 5.74) is 7.29. The monoisotopic (exact) mass is 296 g/mol. The molecule has 5 heteroatoms. The van der Waals surface area contributed by atoms with E-state index in [9.17, 15) is 4.79 Å². The largest absolute Gasteiger partial charge is 0.396 e. The summed E-state index contributed by atoms with van der Waals surface area (Å²) in [5, 5.41) is 4.66. The van der Waals surface area contributed by atoms with Crippen LogP contribution in [0, 0.1) is 11.3 Å². The van der Waals surface area contributed by atoms with Crippen LogP contribution >= 0.6 is 23.1 Å². The second-order valence-electron chi connectivity index (χ2n) is 5.75. The summed E-state index contributed by atoms with van der Waals surface area (Å²) in [6.45, 7) is 2.63. The molecule has 0 saturated heterocycles. The van der Waals surface area contributed by atoms with Crippen molar-refractivity contribution in [3.05, 3.63) is 4.88 Å². The average molecular weight is 296 g/mol. The molecular formula is C14H20N2OS2. The van der Waals surface area contributed by atoms with E-state index < -0.39 is 0 Å². The third-order valence-electron chi connectivity index (χ3n) is 4.36. The van der Waals surface area contributed by atoms with E-state index in [1.54, 1.807) is 18.7 Å². The zero-order valence-electron chi connectivity index (χ0n) is 11.4. The number of carbonyl (C=O) groups excluding carboxylic acids is 1. The van der Waals surface area contributed by atoms with E-state index in [2.05, 4.69) is 5.32 Å². The van der Waals surface area contributed by atoms with Crippen LogP contribution in [0.2, 0.25) is 0 Å². The van der Waals surface area contributed by atoms with Crippen LogP contribution in [0.4, 0.5) is 10.7 Å². The molecule has 0 spiro atoms. The van der Waals surface area contributed by atoms with Gasteiger partial charge in [0.1, 0.15) is 5.00 Å². The molecule has 2 aliphatic carbocycles. The molecule has 0 amide bonds. The van der Waals surface area contributed by atoms with Crippen molar-refractivity contribution >= 4 is 39.6 Å². The maximum absolute atomic E-state index is 11.6. The van der Waals surface area contributed by atoms with Crippen LogP contribution in [0.15, 0.2) is 4.90 Å². The van der Waals surface area contributed by atoms with Gasteiger partial charge in [0.25, 0.3) is 0 Å². The predicted molar refractivity (Wildman–Crippen MR) is 83.4 cm³/mol. The van der Waals surface area contributed by atoms with Crippen molar-refractivity contribution in [3.8, 4) is 0 Å². The normalized spacial score (nSPS) is 20.3. The molecular weight excluding hydrogens is 276 g/mol. The molecule has 0 bridgehead atoms. The van der Waals surface area contributed by atoms with E-state index in [0.717, 1.165) is 22.4 Å². The van der Waals surface area contributed by atoms with Gasteiger partial charge in [-0.25, -0.2) is 0 Å². The highest BCUT2D eigenvalue weighted by Crippen LogP contribution is 2.61. The van der Waals surface area contributed by atoms with Gasteiger partial charge in [0.15, 0.2) is 5.78 Å². The smallest absolute Gasteiger partial charge is 0.171 e. The number of ketones is 1. The van der Waals surface area contributed by atoms with E-state index in [1.165, 1.54) is 37.0 Å². The summed E-state index contributed by atoms with van der Waals surface area (Å²) in [5.74, 6) is 1.01. The standard InChI is InChI=1S/C14H20N2OS2/c1-8(17)11-10(15)12(18-2)13(19-11)16-7-14(5-6-14)9-3-4-9/h9,16H,3-7,15H2,1-2H3. The second-order valence-corrected chi connectivity index (χ2v) is 7.59. The Labute approximate surface area is 122 Å². The summed E-state index contributed by atoms with van der Waals surface area (Å²) in [7, 11) is 0. The highest BCUT2D eigenvalue weighted by atomic mass is 32.2. The number of anilines is 2. The summed E-state index contributed by atoms with van der Waals surface area (Å²) in [6.07, 6.45) is 7.55. The molecule has 2 saturated carbocycles. The second kappa shape index (κ2) is 4.70.